The van der Waals surface area contributed by atoms with Crippen LogP contribution in [0.25, 0.3) is 0 Å². The molecule has 3 aromatic rings. The topological polar surface area (TPSA) is 138 Å². The number of nitrogens with two attached hydrogens (primary N) is 1. The van der Waals surface area contributed by atoms with Crippen molar-refractivity contribution in [2.24, 2.45) is 5.73 Å². The highest BCUT2D eigenvalue weighted by atomic mass is 16.5. The first-order valence-corrected chi connectivity index (χ1v) is 9.80. The number of imidazole rings is 1. The fraction of sp³-hybridized carbons (Fsp3) is 0.227. The van der Waals surface area contributed by atoms with E-state index in [-0.39, 0.29) is 5.96 Å². The SMILES string of the molecule is N=C(N)N1CCc2ccc(OC(C(=O)O)c3ccc(OCc4cnc[nH]4)cc3)cc2C1. The Morgan fingerprint density at radius 1 is 1.23 bits per heavy atom. The quantitative estimate of drug-likeness (QED) is 0.340. The molecule has 0 amide bonds. The van der Waals surface area contributed by atoms with Crippen molar-refractivity contribution >= 4 is 11.9 Å². The van der Waals surface area contributed by atoms with Gasteiger partial charge in [-0.1, -0.05) is 18.2 Å². The van der Waals surface area contributed by atoms with E-state index < -0.39 is 12.1 Å². The smallest absolute Gasteiger partial charge is 0.349 e. The van der Waals surface area contributed by atoms with Crippen LogP contribution in [0, 0.1) is 5.41 Å². The Bertz CT molecular complexity index is 1070. The van der Waals surface area contributed by atoms with E-state index in [1.807, 2.05) is 12.1 Å². The average molecular weight is 421 g/mol. The Kier molecular flexibility index (Phi) is 5.74. The number of carbonyl (C=O) groups is 1. The lowest BCUT2D eigenvalue weighted by atomic mass is 9.99. The lowest BCUT2D eigenvalue weighted by molar-refractivity contribution is -0.145. The number of aliphatic carboxylic acids is 1. The normalized spacial score (nSPS) is 13.9. The minimum absolute atomic E-state index is 0.0234. The molecule has 0 fully saturated rings. The summed E-state index contributed by atoms with van der Waals surface area (Å²) in [7, 11) is 0. The third-order valence-electron chi connectivity index (χ3n) is 5.14. The molecule has 5 N–H and O–H groups in total. The molecule has 0 aliphatic carbocycles. The van der Waals surface area contributed by atoms with Crippen molar-refractivity contribution in [1.82, 2.24) is 14.9 Å². The Morgan fingerprint density at radius 2 is 2.00 bits per heavy atom. The first-order chi connectivity index (χ1) is 15.0. The third-order valence-corrected chi connectivity index (χ3v) is 5.14. The summed E-state index contributed by atoms with van der Waals surface area (Å²) < 4.78 is 11.5. The molecule has 0 saturated heterocycles. The lowest BCUT2D eigenvalue weighted by Gasteiger charge is -2.29. The van der Waals surface area contributed by atoms with E-state index in [1.54, 1.807) is 47.8 Å². The van der Waals surface area contributed by atoms with E-state index in [4.69, 9.17) is 20.6 Å². The van der Waals surface area contributed by atoms with Gasteiger partial charge in [0.05, 0.1) is 18.2 Å². The molecular weight excluding hydrogens is 398 g/mol. The van der Waals surface area contributed by atoms with Gasteiger partial charge in [0, 0.05) is 18.7 Å². The predicted octanol–water partition coefficient (Wildman–Crippen LogP) is 2.44. The van der Waals surface area contributed by atoms with Crippen LogP contribution in [0.3, 0.4) is 0 Å². The van der Waals surface area contributed by atoms with E-state index in [0.29, 0.717) is 36.8 Å². The zero-order valence-electron chi connectivity index (χ0n) is 16.7. The number of aromatic nitrogens is 2. The summed E-state index contributed by atoms with van der Waals surface area (Å²) in [5.74, 6) is 0.00107. The summed E-state index contributed by atoms with van der Waals surface area (Å²) in [5.41, 5.74) is 9.07. The van der Waals surface area contributed by atoms with E-state index in [9.17, 15) is 9.90 Å². The Morgan fingerprint density at radius 3 is 2.68 bits per heavy atom. The molecule has 0 bridgehead atoms. The number of H-pyrrole nitrogens is 1. The maximum absolute atomic E-state index is 11.9. The molecular formula is C22H23N5O4. The standard InChI is InChI=1S/C22H23N5O4/c23-22(24)27-8-7-14-1-6-19(9-16(14)11-27)31-20(21(28)29)15-2-4-18(5-3-15)30-12-17-10-25-13-26-17/h1-6,9-10,13,20H,7-8,11-12H2,(H3,23,24)(H,25,26)(H,28,29). The van der Waals surface area contributed by atoms with Crippen LogP contribution in [0.5, 0.6) is 11.5 Å². The number of guanidine groups is 1. The number of nitrogens with zero attached hydrogens (tertiary/aromatic N) is 2. The second kappa shape index (κ2) is 8.78. The van der Waals surface area contributed by atoms with Crippen LogP contribution in [0.15, 0.2) is 55.0 Å². The molecule has 160 valence electrons. The zero-order chi connectivity index (χ0) is 21.8. The maximum Gasteiger partial charge on any atom is 0.349 e. The van der Waals surface area contributed by atoms with Gasteiger partial charge in [0.1, 0.15) is 18.1 Å². The number of hydrogen-bond donors (Lipinski definition) is 4. The van der Waals surface area contributed by atoms with E-state index >= 15 is 0 Å². The Hall–Kier alpha value is -4.01. The van der Waals surface area contributed by atoms with Crippen LogP contribution in [0.1, 0.15) is 28.5 Å². The van der Waals surface area contributed by atoms with Crippen LogP contribution < -0.4 is 15.2 Å². The van der Waals surface area contributed by atoms with Gasteiger partial charge in [-0.2, -0.15) is 0 Å². The average Bonchev–Trinajstić information content (AvgIpc) is 3.29. The van der Waals surface area contributed by atoms with Crippen LogP contribution in [-0.4, -0.2) is 38.4 Å². The van der Waals surface area contributed by atoms with Gasteiger partial charge in [0.2, 0.25) is 6.10 Å². The van der Waals surface area contributed by atoms with Gasteiger partial charge in [-0.05, 0) is 41.8 Å². The predicted molar refractivity (Wildman–Crippen MR) is 113 cm³/mol. The number of carboxylic acids is 1. The minimum atomic E-state index is -1.16. The molecule has 9 nitrogen and oxygen atoms in total. The maximum atomic E-state index is 11.9. The summed E-state index contributed by atoms with van der Waals surface area (Å²) in [5, 5.41) is 17.4. The molecule has 2 heterocycles. The molecule has 31 heavy (non-hydrogen) atoms. The third kappa shape index (κ3) is 4.77. The minimum Gasteiger partial charge on any atom is -0.487 e. The Labute approximate surface area is 178 Å². The summed E-state index contributed by atoms with van der Waals surface area (Å²) in [6, 6.07) is 12.3. The van der Waals surface area contributed by atoms with Gasteiger partial charge in [-0.15, -0.1) is 0 Å². The number of fused-ring (bicyclic) bond motifs is 1. The molecule has 9 heteroatoms. The number of nitrogens with one attached hydrogen (secondary N) is 2. The van der Waals surface area contributed by atoms with Gasteiger partial charge in [-0.3, -0.25) is 5.41 Å². The Balaban J connectivity index is 1.46. The van der Waals surface area contributed by atoms with Crippen molar-refractivity contribution in [3.8, 4) is 11.5 Å². The molecule has 2 aromatic carbocycles. The van der Waals surface area contributed by atoms with Crippen molar-refractivity contribution in [2.75, 3.05) is 6.54 Å². The molecule has 1 unspecified atom stereocenters. The van der Waals surface area contributed by atoms with Crippen LogP contribution in [0.2, 0.25) is 0 Å². The fourth-order valence-electron chi connectivity index (χ4n) is 3.47. The molecule has 1 atom stereocenters. The van der Waals surface area contributed by atoms with Crippen LogP contribution >= 0.6 is 0 Å². The number of ether oxygens (including phenoxy) is 2. The van der Waals surface area contributed by atoms with E-state index in [2.05, 4.69) is 9.97 Å². The van der Waals surface area contributed by atoms with Crippen molar-refractivity contribution in [3.05, 3.63) is 77.4 Å². The molecule has 1 aliphatic rings. The highest BCUT2D eigenvalue weighted by molar-refractivity contribution is 5.75. The second-order valence-electron chi connectivity index (χ2n) is 7.26. The first-order valence-electron chi connectivity index (χ1n) is 9.80. The summed E-state index contributed by atoms with van der Waals surface area (Å²) in [4.78, 5) is 20.5. The van der Waals surface area contributed by atoms with Crippen molar-refractivity contribution in [1.29, 1.82) is 5.41 Å². The molecule has 0 radical (unpaired) electrons. The van der Waals surface area contributed by atoms with Crippen molar-refractivity contribution in [3.63, 3.8) is 0 Å². The number of hydrogen-bond acceptors (Lipinski definition) is 5. The summed E-state index contributed by atoms with van der Waals surface area (Å²) >= 11 is 0. The highest BCUT2D eigenvalue weighted by Crippen LogP contribution is 2.28. The first kappa shape index (κ1) is 20.3. The molecule has 0 spiro atoms. The molecule has 4 rings (SSSR count). The highest BCUT2D eigenvalue weighted by Gasteiger charge is 2.23. The molecule has 0 saturated carbocycles. The van der Waals surface area contributed by atoms with E-state index in [1.165, 1.54) is 0 Å². The van der Waals surface area contributed by atoms with Crippen LogP contribution in [0.4, 0.5) is 0 Å². The summed E-state index contributed by atoms with van der Waals surface area (Å²) in [6.45, 7) is 1.53. The molecule has 1 aromatic heterocycles. The van der Waals surface area contributed by atoms with Crippen molar-refractivity contribution < 1.29 is 19.4 Å². The van der Waals surface area contributed by atoms with Gasteiger partial charge < -0.3 is 30.2 Å². The number of aromatic amines is 1. The summed E-state index contributed by atoms with van der Waals surface area (Å²) in [6.07, 6.45) is 2.87. The zero-order valence-corrected chi connectivity index (χ0v) is 16.7. The lowest BCUT2D eigenvalue weighted by Crippen LogP contribution is -2.40. The molecule has 1 aliphatic heterocycles. The fourth-order valence-corrected chi connectivity index (χ4v) is 3.47. The number of rotatable bonds is 7. The van der Waals surface area contributed by atoms with Gasteiger partial charge in [0.15, 0.2) is 5.96 Å². The number of benzene rings is 2. The monoisotopic (exact) mass is 421 g/mol. The van der Waals surface area contributed by atoms with Gasteiger partial charge in [0.25, 0.3) is 0 Å². The second-order valence-corrected chi connectivity index (χ2v) is 7.26. The van der Waals surface area contributed by atoms with Crippen molar-refractivity contribution in [2.45, 2.75) is 25.7 Å². The largest absolute Gasteiger partial charge is 0.487 e. The van der Waals surface area contributed by atoms with Gasteiger partial charge in [-0.25, -0.2) is 9.78 Å². The van der Waals surface area contributed by atoms with Crippen LogP contribution in [-0.2, 0) is 24.4 Å². The number of carboxylic acid groups (broad SMARTS) is 1. The van der Waals surface area contributed by atoms with E-state index in [0.717, 1.165) is 23.2 Å². The van der Waals surface area contributed by atoms with Gasteiger partial charge >= 0.3 is 5.97 Å².